The molecule has 0 unspecified atom stereocenters. The summed E-state index contributed by atoms with van der Waals surface area (Å²) in [6.07, 6.45) is 31.4. The highest BCUT2D eigenvalue weighted by molar-refractivity contribution is 5.69. The molecule has 0 fully saturated rings. The van der Waals surface area contributed by atoms with E-state index in [1.807, 2.05) is 0 Å². The molecule has 39 heavy (non-hydrogen) atoms. The van der Waals surface area contributed by atoms with Gasteiger partial charge < -0.3 is 14.6 Å². The molecule has 0 saturated heterocycles. The molecule has 5 heteroatoms. The number of esters is 2. The summed E-state index contributed by atoms with van der Waals surface area (Å²) in [7, 11) is 0. The molecule has 1 atom stereocenters. The van der Waals surface area contributed by atoms with Crippen molar-refractivity contribution < 1.29 is 24.2 Å². The summed E-state index contributed by atoms with van der Waals surface area (Å²) in [4.78, 5) is 23.8. The molecule has 5 nitrogen and oxygen atoms in total. The molecule has 0 aromatic rings. The average Bonchev–Trinajstić information content (AvgIpc) is 2.93. The van der Waals surface area contributed by atoms with Gasteiger partial charge >= 0.3 is 11.9 Å². The van der Waals surface area contributed by atoms with Gasteiger partial charge in [0.25, 0.3) is 0 Å². The van der Waals surface area contributed by atoms with Crippen LogP contribution in [0.2, 0.25) is 0 Å². The Kier molecular flexibility index (Phi) is 30.5. The van der Waals surface area contributed by atoms with Crippen molar-refractivity contribution in [2.75, 3.05) is 13.2 Å². The molecule has 0 saturated carbocycles. The largest absolute Gasteiger partial charge is 0.463 e. The van der Waals surface area contributed by atoms with Crippen molar-refractivity contribution >= 4 is 11.9 Å². The van der Waals surface area contributed by atoms with Gasteiger partial charge in [0.2, 0.25) is 0 Å². The van der Waals surface area contributed by atoms with Crippen molar-refractivity contribution in [3.05, 3.63) is 0 Å². The highest BCUT2D eigenvalue weighted by atomic mass is 16.6. The van der Waals surface area contributed by atoms with E-state index in [9.17, 15) is 14.7 Å². The highest BCUT2D eigenvalue weighted by Crippen LogP contribution is 2.14. The van der Waals surface area contributed by atoms with Crippen molar-refractivity contribution in [1.29, 1.82) is 0 Å². The molecule has 0 amide bonds. The molecule has 0 aromatic heterocycles. The van der Waals surface area contributed by atoms with E-state index in [0.29, 0.717) is 12.8 Å². The van der Waals surface area contributed by atoms with E-state index in [0.717, 1.165) is 25.7 Å². The Morgan fingerprint density at radius 2 is 0.667 bits per heavy atom. The first-order valence-electron chi connectivity index (χ1n) is 17.1. The van der Waals surface area contributed by atoms with Crippen LogP contribution in [-0.4, -0.2) is 36.4 Å². The summed E-state index contributed by atoms with van der Waals surface area (Å²) >= 11 is 0. The van der Waals surface area contributed by atoms with Crippen molar-refractivity contribution in [3.8, 4) is 0 Å². The number of carbonyl (C=O) groups excluding carboxylic acids is 2. The number of hydrogen-bond donors (Lipinski definition) is 1. The molecule has 0 aliphatic heterocycles. The van der Waals surface area contributed by atoms with Crippen LogP contribution in [0.1, 0.15) is 187 Å². The van der Waals surface area contributed by atoms with Crippen molar-refractivity contribution in [1.82, 2.24) is 0 Å². The molecule has 0 aliphatic carbocycles. The van der Waals surface area contributed by atoms with Gasteiger partial charge in [0.05, 0.1) is 0 Å². The van der Waals surface area contributed by atoms with Crippen LogP contribution in [0.25, 0.3) is 0 Å². The normalized spacial score (nSPS) is 12.0. The van der Waals surface area contributed by atoms with E-state index >= 15 is 0 Å². The Bertz CT molecular complexity index is 522. The zero-order valence-electron chi connectivity index (χ0n) is 26.2. The number of hydrogen-bond acceptors (Lipinski definition) is 5. The Morgan fingerprint density at radius 1 is 0.436 bits per heavy atom. The zero-order chi connectivity index (χ0) is 28.7. The van der Waals surface area contributed by atoms with Crippen LogP contribution < -0.4 is 0 Å². The Hall–Kier alpha value is -1.10. The molecular formula is C34H66O5. The minimum Gasteiger partial charge on any atom is -0.463 e. The molecule has 0 aromatic carbocycles. The number of aliphatic hydroxyl groups is 1. The maximum Gasteiger partial charge on any atom is 0.305 e. The van der Waals surface area contributed by atoms with Gasteiger partial charge in [-0.1, -0.05) is 162 Å². The van der Waals surface area contributed by atoms with Crippen LogP contribution in [-0.2, 0) is 19.1 Å². The van der Waals surface area contributed by atoms with Crippen molar-refractivity contribution in [3.63, 3.8) is 0 Å². The quantitative estimate of drug-likeness (QED) is 0.0681. The van der Waals surface area contributed by atoms with E-state index < -0.39 is 6.10 Å². The minimum atomic E-state index is -0.952. The molecule has 0 spiro atoms. The first kappa shape index (κ1) is 37.9. The van der Waals surface area contributed by atoms with E-state index in [-0.39, 0.29) is 25.2 Å². The van der Waals surface area contributed by atoms with E-state index in [1.165, 1.54) is 135 Å². The van der Waals surface area contributed by atoms with Crippen LogP contribution in [0.15, 0.2) is 0 Å². The molecule has 232 valence electrons. The second-order valence-electron chi connectivity index (χ2n) is 11.7. The highest BCUT2D eigenvalue weighted by Gasteiger charge is 2.12. The second-order valence-corrected chi connectivity index (χ2v) is 11.7. The topological polar surface area (TPSA) is 72.8 Å². The molecular weight excluding hydrogens is 488 g/mol. The van der Waals surface area contributed by atoms with E-state index in [2.05, 4.69) is 13.8 Å². The molecule has 0 radical (unpaired) electrons. The second kappa shape index (κ2) is 31.4. The standard InChI is InChI=1S/C34H66O5/c1-3-5-7-9-11-13-15-16-17-19-21-23-25-27-29-34(37)39-31-32(35)30-38-33(36)28-26-24-22-20-18-14-12-10-8-6-4-2/h32,35H,3-31H2,1-2H3/t32-/m0/s1. The van der Waals surface area contributed by atoms with Gasteiger partial charge in [-0.3, -0.25) is 9.59 Å². The summed E-state index contributed by atoms with van der Waals surface area (Å²) < 4.78 is 10.3. The van der Waals surface area contributed by atoms with Crippen LogP contribution in [0.5, 0.6) is 0 Å². The van der Waals surface area contributed by atoms with Gasteiger partial charge in [0.15, 0.2) is 0 Å². The number of rotatable bonds is 31. The third-order valence-electron chi connectivity index (χ3n) is 7.59. The lowest BCUT2D eigenvalue weighted by molar-refractivity contribution is -0.152. The van der Waals surface area contributed by atoms with Crippen LogP contribution >= 0.6 is 0 Å². The maximum absolute atomic E-state index is 11.9. The third kappa shape index (κ3) is 31.3. The van der Waals surface area contributed by atoms with E-state index in [4.69, 9.17) is 9.47 Å². The van der Waals surface area contributed by atoms with Gasteiger partial charge in [-0.05, 0) is 12.8 Å². The summed E-state index contributed by atoms with van der Waals surface area (Å²) in [5, 5.41) is 9.95. The van der Waals surface area contributed by atoms with Gasteiger partial charge in [-0.2, -0.15) is 0 Å². The van der Waals surface area contributed by atoms with Crippen molar-refractivity contribution in [2.45, 2.75) is 193 Å². The number of aliphatic hydroxyl groups excluding tert-OH is 1. The average molecular weight is 555 g/mol. The zero-order valence-corrected chi connectivity index (χ0v) is 26.2. The number of carbonyl (C=O) groups is 2. The minimum absolute atomic E-state index is 0.108. The molecule has 0 heterocycles. The number of unbranched alkanes of at least 4 members (excludes halogenated alkanes) is 23. The Labute approximate surface area is 242 Å². The smallest absolute Gasteiger partial charge is 0.305 e. The van der Waals surface area contributed by atoms with Crippen LogP contribution in [0.3, 0.4) is 0 Å². The third-order valence-corrected chi connectivity index (χ3v) is 7.59. The summed E-state index contributed by atoms with van der Waals surface area (Å²) in [5.74, 6) is -0.556. The van der Waals surface area contributed by atoms with Crippen LogP contribution in [0.4, 0.5) is 0 Å². The van der Waals surface area contributed by atoms with E-state index in [1.54, 1.807) is 0 Å². The van der Waals surface area contributed by atoms with Gasteiger partial charge in [0, 0.05) is 12.8 Å². The Morgan fingerprint density at radius 3 is 0.923 bits per heavy atom. The first-order chi connectivity index (χ1) is 19.1. The molecule has 0 rings (SSSR count). The van der Waals surface area contributed by atoms with Crippen LogP contribution in [0, 0.1) is 0 Å². The fourth-order valence-corrected chi connectivity index (χ4v) is 4.97. The monoisotopic (exact) mass is 554 g/mol. The summed E-state index contributed by atoms with van der Waals surface area (Å²) in [6.45, 7) is 4.30. The number of ether oxygens (including phenoxy) is 2. The Balaban J connectivity index is 3.40. The van der Waals surface area contributed by atoms with Gasteiger partial charge in [0.1, 0.15) is 19.3 Å². The lowest BCUT2D eigenvalue weighted by atomic mass is 10.0. The van der Waals surface area contributed by atoms with Crippen molar-refractivity contribution in [2.24, 2.45) is 0 Å². The van der Waals surface area contributed by atoms with Gasteiger partial charge in [-0.25, -0.2) is 0 Å². The lowest BCUT2D eigenvalue weighted by Gasteiger charge is -2.12. The SMILES string of the molecule is CCCCCCCCCCCCCCCCC(=O)OC[C@@H](O)COC(=O)CCCCCCCCCCCCC. The lowest BCUT2D eigenvalue weighted by Crippen LogP contribution is -2.25. The summed E-state index contributed by atoms with van der Waals surface area (Å²) in [5.41, 5.74) is 0. The predicted molar refractivity (Wildman–Crippen MR) is 164 cm³/mol. The molecule has 0 bridgehead atoms. The molecule has 0 aliphatic rings. The maximum atomic E-state index is 11.9. The first-order valence-corrected chi connectivity index (χ1v) is 17.1. The van der Waals surface area contributed by atoms with Gasteiger partial charge in [-0.15, -0.1) is 0 Å². The summed E-state index contributed by atoms with van der Waals surface area (Å²) in [6, 6.07) is 0. The molecule has 1 N–H and O–H groups in total. The fourth-order valence-electron chi connectivity index (χ4n) is 4.97. The predicted octanol–water partition coefficient (Wildman–Crippen LogP) is 10.0. The fraction of sp³-hybridized carbons (Fsp3) is 0.941.